The van der Waals surface area contributed by atoms with Gasteiger partial charge in [0.25, 0.3) is 0 Å². The van der Waals surface area contributed by atoms with E-state index in [1.54, 1.807) is 13.4 Å². The Bertz CT molecular complexity index is 285. The normalized spacial score (nSPS) is 10.3. The number of nitrogens with one attached hydrogen (secondary N) is 2. The molecular weight excluding hydrogens is 208 g/mol. The van der Waals surface area contributed by atoms with Crippen LogP contribution in [0.4, 0.5) is 0 Å². The van der Waals surface area contributed by atoms with Crippen LogP contribution in [0.25, 0.3) is 0 Å². The summed E-state index contributed by atoms with van der Waals surface area (Å²) in [5.41, 5.74) is 0. The molecule has 0 saturated heterocycles. The predicted molar refractivity (Wildman–Crippen MR) is 59.9 cm³/mol. The monoisotopic (exact) mass is 226 g/mol. The Kier molecular flexibility index (Phi) is 6.29. The quantitative estimate of drug-likeness (QED) is 0.634. The van der Waals surface area contributed by atoms with Crippen LogP contribution in [0.3, 0.4) is 0 Å². The van der Waals surface area contributed by atoms with Crippen molar-refractivity contribution in [3.8, 4) is 0 Å². The maximum absolute atomic E-state index is 11.2. The van der Waals surface area contributed by atoms with Crippen LogP contribution < -0.4 is 10.6 Å². The highest BCUT2D eigenvalue weighted by molar-refractivity contribution is 5.75. The Morgan fingerprint density at radius 2 is 2.38 bits per heavy atom. The molecule has 1 amide bonds. The topological polar surface area (TPSA) is 63.5 Å². The molecule has 1 aromatic heterocycles. The largest absolute Gasteiger partial charge is 0.468 e. The van der Waals surface area contributed by atoms with Crippen molar-refractivity contribution in [2.24, 2.45) is 0 Å². The maximum atomic E-state index is 11.2. The molecule has 0 aliphatic carbocycles. The van der Waals surface area contributed by atoms with Crippen LogP contribution in [0.5, 0.6) is 0 Å². The average molecular weight is 226 g/mol. The fourth-order valence-corrected chi connectivity index (χ4v) is 1.21. The van der Waals surface area contributed by atoms with E-state index in [1.165, 1.54) is 0 Å². The van der Waals surface area contributed by atoms with Crippen LogP contribution >= 0.6 is 0 Å². The van der Waals surface area contributed by atoms with Crippen LogP contribution in [0.2, 0.25) is 0 Å². The van der Waals surface area contributed by atoms with Crippen LogP contribution in [0.1, 0.15) is 12.2 Å². The molecule has 16 heavy (non-hydrogen) atoms. The first-order valence-electron chi connectivity index (χ1n) is 5.31. The number of carbonyl (C=O) groups is 1. The highest BCUT2D eigenvalue weighted by atomic mass is 16.5. The summed E-state index contributed by atoms with van der Waals surface area (Å²) in [4.78, 5) is 11.2. The van der Waals surface area contributed by atoms with Gasteiger partial charge in [0.05, 0.1) is 19.4 Å². The zero-order valence-electron chi connectivity index (χ0n) is 9.49. The Hall–Kier alpha value is -1.33. The summed E-state index contributed by atoms with van der Waals surface area (Å²) in [6.07, 6.45) is 2.10. The number of methoxy groups -OCH3 is 1. The van der Waals surface area contributed by atoms with Crippen molar-refractivity contribution in [2.75, 3.05) is 26.8 Å². The maximum Gasteiger partial charge on any atom is 0.221 e. The van der Waals surface area contributed by atoms with Gasteiger partial charge in [0.2, 0.25) is 5.91 Å². The van der Waals surface area contributed by atoms with Gasteiger partial charge >= 0.3 is 0 Å². The fraction of sp³-hybridized carbons (Fsp3) is 0.545. The SMILES string of the molecule is COCCNC(=O)CCNCc1ccco1. The summed E-state index contributed by atoms with van der Waals surface area (Å²) in [6.45, 7) is 2.40. The number of ether oxygens (including phenoxy) is 1. The summed E-state index contributed by atoms with van der Waals surface area (Å²) in [6, 6.07) is 3.74. The van der Waals surface area contributed by atoms with Gasteiger partial charge in [-0.2, -0.15) is 0 Å². The van der Waals surface area contributed by atoms with Gasteiger partial charge in [-0.25, -0.2) is 0 Å². The average Bonchev–Trinajstić information content (AvgIpc) is 2.78. The molecule has 0 atom stereocenters. The lowest BCUT2D eigenvalue weighted by Crippen LogP contribution is -2.29. The fourth-order valence-electron chi connectivity index (χ4n) is 1.21. The second kappa shape index (κ2) is 7.90. The number of carbonyl (C=O) groups excluding carboxylic acids is 1. The zero-order valence-corrected chi connectivity index (χ0v) is 9.49. The Labute approximate surface area is 95.2 Å². The van der Waals surface area contributed by atoms with Gasteiger partial charge in [0.15, 0.2) is 0 Å². The zero-order chi connectivity index (χ0) is 11.6. The number of amides is 1. The van der Waals surface area contributed by atoms with Gasteiger partial charge in [-0.1, -0.05) is 0 Å². The highest BCUT2D eigenvalue weighted by Gasteiger charge is 2.00. The first-order valence-corrected chi connectivity index (χ1v) is 5.31. The summed E-state index contributed by atoms with van der Waals surface area (Å²) >= 11 is 0. The standard InChI is InChI=1S/C11H18N2O3/c1-15-8-6-13-11(14)4-5-12-9-10-3-2-7-16-10/h2-3,7,12H,4-6,8-9H2,1H3,(H,13,14). The summed E-state index contributed by atoms with van der Waals surface area (Å²) in [7, 11) is 1.61. The molecule has 0 aliphatic heterocycles. The molecule has 0 unspecified atom stereocenters. The predicted octanol–water partition coefficient (Wildman–Crippen LogP) is 0.522. The van der Waals surface area contributed by atoms with Crippen molar-refractivity contribution < 1.29 is 13.9 Å². The molecule has 90 valence electrons. The second-order valence-corrected chi connectivity index (χ2v) is 3.35. The molecule has 1 aromatic rings. The van der Waals surface area contributed by atoms with Crippen molar-refractivity contribution in [2.45, 2.75) is 13.0 Å². The highest BCUT2D eigenvalue weighted by Crippen LogP contribution is 1.98. The lowest BCUT2D eigenvalue weighted by Gasteiger charge is -2.04. The number of rotatable bonds is 8. The van der Waals surface area contributed by atoms with Gasteiger partial charge in [0, 0.05) is 26.6 Å². The van der Waals surface area contributed by atoms with Gasteiger partial charge in [-0.05, 0) is 12.1 Å². The van der Waals surface area contributed by atoms with Gasteiger partial charge < -0.3 is 19.8 Å². The van der Waals surface area contributed by atoms with E-state index < -0.39 is 0 Å². The van der Waals surface area contributed by atoms with E-state index in [4.69, 9.17) is 9.15 Å². The van der Waals surface area contributed by atoms with Gasteiger partial charge in [-0.15, -0.1) is 0 Å². The third kappa shape index (κ3) is 5.53. The Balaban J connectivity index is 1.96. The van der Waals surface area contributed by atoms with Crippen molar-refractivity contribution in [1.29, 1.82) is 0 Å². The first-order chi connectivity index (χ1) is 7.83. The minimum Gasteiger partial charge on any atom is -0.468 e. The molecule has 2 N–H and O–H groups in total. The summed E-state index contributed by atoms with van der Waals surface area (Å²) in [5.74, 6) is 0.906. The lowest BCUT2D eigenvalue weighted by atomic mass is 10.3. The molecule has 0 bridgehead atoms. The van der Waals surface area contributed by atoms with E-state index in [0.29, 0.717) is 32.7 Å². The van der Waals surface area contributed by atoms with E-state index in [-0.39, 0.29) is 5.91 Å². The van der Waals surface area contributed by atoms with Crippen LogP contribution in [0, 0.1) is 0 Å². The Morgan fingerprint density at radius 3 is 3.06 bits per heavy atom. The smallest absolute Gasteiger partial charge is 0.221 e. The third-order valence-electron chi connectivity index (χ3n) is 2.04. The molecule has 0 radical (unpaired) electrons. The molecule has 0 aliphatic rings. The van der Waals surface area contributed by atoms with Crippen LogP contribution in [-0.2, 0) is 16.1 Å². The van der Waals surface area contributed by atoms with Gasteiger partial charge in [-0.3, -0.25) is 4.79 Å². The van der Waals surface area contributed by atoms with Crippen molar-refractivity contribution >= 4 is 5.91 Å². The van der Waals surface area contributed by atoms with Crippen molar-refractivity contribution in [1.82, 2.24) is 10.6 Å². The minimum atomic E-state index is 0.0315. The van der Waals surface area contributed by atoms with Crippen LogP contribution in [0.15, 0.2) is 22.8 Å². The third-order valence-corrected chi connectivity index (χ3v) is 2.04. The second-order valence-electron chi connectivity index (χ2n) is 3.35. The van der Waals surface area contributed by atoms with E-state index >= 15 is 0 Å². The van der Waals surface area contributed by atoms with E-state index in [9.17, 15) is 4.79 Å². The molecule has 0 saturated carbocycles. The molecule has 1 heterocycles. The van der Waals surface area contributed by atoms with Crippen molar-refractivity contribution in [3.05, 3.63) is 24.2 Å². The molecule has 0 aromatic carbocycles. The lowest BCUT2D eigenvalue weighted by molar-refractivity contribution is -0.121. The number of hydrogen-bond acceptors (Lipinski definition) is 4. The molecule has 0 fully saturated rings. The van der Waals surface area contributed by atoms with E-state index in [1.807, 2.05) is 12.1 Å². The molecular formula is C11H18N2O3. The molecule has 5 heteroatoms. The molecule has 1 rings (SSSR count). The van der Waals surface area contributed by atoms with Crippen molar-refractivity contribution in [3.63, 3.8) is 0 Å². The van der Waals surface area contributed by atoms with Crippen LogP contribution in [-0.4, -0.2) is 32.7 Å². The Morgan fingerprint density at radius 1 is 1.50 bits per heavy atom. The summed E-state index contributed by atoms with van der Waals surface area (Å²) in [5, 5.41) is 5.87. The van der Waals surface area contributed by atoms with E-state index in [0.717, 1.165) is 5.76 Å². The molecule has 5 nitrogen and oxygen atoms in total. The molecule has 0 spiro atoms. The van der Waals surface area contributed by atoms with Gasteiger partial charge in [0.1, 0.15) is 5.76 Å². The number of hydrogen-bond donors (Lipinski definition) is 2. The summed E-state index contributed by atoms with van der Waals surface area (Å²) < 4.78 is 9.96. The van der Waals surface area contributed by atoms with E-state index in [2.05, 4.69) is 10.6 Å². The first kappa shape index (κ1) is 12.7. The number of furan rings is 1. The minimum absolute atomic E-state index is 0.0315.